The van der Waals surface area contributed by atoms with Crippen LogP contribution in [0, 0.1) is 6.92 Å². The highest BCUT2D eigenvalue weighted by Gasteiger charge is 2.34. The molecule has 1 fully saturated rings. The molecule has 1 aliphatic rings. The number of nitrogens with one attached hydrogen (secondary N) is 2. The van der Waals surface area contributed by atoms with E-state index in [0.717, 1.165) is 43.7 Å². The number of alkyl halides is 3. The number of halogens is 4. The number of anilines is 3. The molecule has 140 valence electrons. The lowest BCUT2D eigenvalue weighted by Gasteiger charge is -2.23. The van der Waals surface area contributed by atoms with E-state index in [1.54, 1.807) is 18.2 Å². The predicted octanol–water partition coefficient (Wildman–Crippen LogP) is 5.95. The summed E-state index contributed by atoms with van der Waals surface area (Å²) in [5.74, 6) is 0.0740. The summed E-state index contributed by atoms with van der Waals surface area (Å²) in [6, 6.07) is 6.18. The van der Waals surface area contributed by atoms with Gasteiger partial charge in [-0.05, 0) is 37.5 Å². The molecule has 1 aromatic carbocycles. The molecule has 0 radical (unpaired) electrons. The molecule has 0 unspecified atom stereocenters. The van der Waals surface area contributed by atoms with Crippen LogP contribution in [0.5, 0.6) is 0 Å². The van der Waals surface area contributed by atoms with Crippen molar-refractivity contribution in [3.8, 4) is 0 Å². The average Bonchev–Trinajstić information content (AvgIpc) is 2.58. The molecule has 4 nitrogen and oxygen atoms in total. The first kappa shape index (κ1) is 18.8. The van der Waals surface area contributed by atoms with Gasteiger partial charge < -0.3 is 10.6 Å². The minimum atomic E-state index is -4.55. The topological polar surface area (TPSA) is 49.8 Å². The Morgan fingerprint density at radius 3 is 2.50 bits per heavy atom. The summed E-state index contributed by atoms with van der Waals surface area (Å²) in [7, 11) is 0. The highest BCUT2D eigenvalue weighted by molar-refractivity contribution is 6.30. The van der Waals surface area contributed by atoms with Gasteiger partial charge in [0.05, 0.1) is 0 Å². The number of hydrogen-bond donors (Lipinski definition) is 2. The Morgan fingerprint density at radius 1 is 1.08 bits per heavy atom. The first-order chi connectivity index (χ1) is 12.3. The Labute approximate surface area is 155 Å². The summed E-state index contributed by atoms with van der Waals surface area (Å²) >= 11 is 5.98. The Bertz CT molecular complexity index is 774. The summed E-state index contributed by atoms with van der Waals surface area (Å²) in [4.78, 5) is 7.90. The van der Waals surface area contributed by atoms with Crippen molar-refractivity contribution in [2.45, 2.75) is 51.2 Å². The first-order valence-electron chi connectivity index (χ1n) is 8.57. The maximum absolute atomic E-state index is 13.2. The van der Waals surface area contributed by atoms with Gasteiger partial charge in [0.25, 0.3) is 0 Å². The molecule has 1 saturated carbocycles. The van der Waals surface area contributed by atoms with Crippen LogP contribution >= 0.6 is 11.6 Å². The van der Waals surface area contributed by atoms with Gasteiger partial charge in [0, 0.05) is 22.8 Å². The Balaban J connectivity index is 1.90. The van der Waals surface area contributed by atoms with E-state index < -0.39 is 11.9 Å². The summed E-state index contributed by atoms with van der Waals surface area (Å²) < 4.78 is 39.7. The van der Waals surface area contributed by atoms with Crippen LogP contribution in [0.3, 0.4) is 0 Å². The third-order valence-corrected chi connectivity index (χ3v) is 4.65. The molecular formula is C18H20ClF3N4. The molecule has 1 heterocycles. The molecule has 0 atom stereocenters. The van der Waals surface area contributed by atoms with E-state index in [-0.39, 0.29) is 17.8 Å². The van der Waals surface area contributed by atoms with Crippen molar-refractivity contribution in [1.82, 2.24) is 9.97 Å². The van der Waals surface area contributed by atoms with Gasteiger partial charge in [0.15, 0.2) is 5.69 Å². The quantitative estimate of drug-likeness (QED) is 0.684. The second-order valence-electron chi connectivity index (χ2n) is 6.52. The fraction of sp³-hybridized carbons (Fsp3) is 0.444. The molecule has 0 amide bonds. The molecule has 0 saturated heterocycles. The van der Waals surface area contributed by atoms with E-state index in [4.69, 9.17) is 11.6 Å². The fourth-order valence-electron chi connectivity index (χ4n) is 3.02. The summed E-state index contributed by atoms with van der Waals surface area (Å²) in [6.45, 7) is 1.84. The zero-order valence-electron chi connectivity index (χ0n) is 14.3. The fourth-order valence-corrected chi connectivity index (χ4v) is 3.19. The largest absolute Gasteiger partial charge is 0.433 e. The van der Waals surface area contributed by atoms with Crippen molar-refractivity contribution in [2.24, 2.45) is 0 Å². The third-order valence-electron chi connectivity index (χ3n) is 4.42. The first-order valence-corrected chi connectivity index (χ1v) is 8.95. The lowest BCUT2D eigenvalue weighted by atomic mass is 9.96. The monoisotopic (exact) mass is 384 g/mol. The lowest BCUT2D eigenvalue weighted by molar-refractivity contribution is -0.141. The van der Waals surface area contributed by atoms with E-state index in [1.165, 1.54) is 0 Å². The van der Waals surface area contributed by atoms with Crippen LogP contribution in [0.15, 0.2) is 24.3 Å². The molecule has 0 aliphatic heterocycles. The molecular weight excluding hydrogens is 365 g/mol. The van der Waals surface area contributed by atoms with E-state index in [0.29, 0.717) is 10.7 Å². The number of aromatic nitrogens is 2. The van der Waals surface area contributed by atoms with Crippen LogP contribution in [-0.4, -0.2) is 16.0 Å². The highest BCUT2D eigenvalue weighted by atomic mass is 35.5. The van der Waals surface area contributed by atoms with Gasteiger partial charge >= 0.3 is 6.18 Å². The zero-order valence-corrected chi connectivity index (χ0v) is 15.1. The normalized spacial score (nSPS) is 15.7. The third kappa shape index (κ3) is 4.78. The molecule has 0 bridgehead atoms. The molecule has 0 spiro atoms. The van der Waals surface area contributed by atoms with E-state index >= 15 is 0 Å². The van der Waals surface area contributed by atoms with Crippen molar-refractivity contribution in [3.63, 3.8) is 0 Å². The van der Waals surface area contributed by atoms with Gasteiger partial charge in [-0.2, -0.15) is 18.2 Å². The van der Waals surface area contributed by atoms with Crippen molar-refractivity contribution in [3.05, 3.63) is 40.5 Å². The standard InChI is InChI=1S/C18H20ClF3N4/c1-11-7-8-12(19)9-14(11)24-16-10-15(18(20,21)22)25-17(26-16)23-13-5-3-2-4-6-13/h7-10,13H,2-6H2,1H3,(H2,23,24,25,26). The second kappa shape index (κ2) is 7.70. The van der Waals surface area contributed by atoms with Crippen LogP contribution in [0.25, 0.3) is 0 Å². The maximum atomic E-state index is 13.2. The van der Waals surface area contributed by atoms with Crippen LogP contribution in [0.4, 0.5) is 30.6 Å². The molecule has 3 rings (SSSR count). The smallest absolute Gasteiger partial charge is 0.351 e. The van der Waals surface area contributed by atoms with E-state index in [1.807, 2.05) is 6.92 Å². The average molecular weight is 385 g/mol. The summed E-state index contributed by atoms with van der Waals surface area (Å²) in [5.41, 5.74) is 0.476. The summed E-state index contributed by atoms with van der Waals surface area (Å²) in [5, 5.41) is 6.47. The van der Waals surface area contributed by atoms with Crippen molar-refractivity contribution < 1.29 is 13.2 Å². The number of aryl methyl sites for hydroxylation is 1. The number of rotatable bonds is 4. The molecule has 1 aromatic heterocycles. The minimum absolute atomic E-state index is 0.00564. The maximum Gasteiger partial charge on any atom is 0.433 e. The van der Waals surface area contributed by atoms with Crippen molar-refractivity contribution in [1.29, 1.82) is 0 Å². The molecule has 26 heavy (non-hydrogen) atoms. The van der Waals surface area contributed by atoms with E-state index in [2.05, 4.69) is 20.6 Å². The van der Waals surface area contributed by atoms with Crippen molar-refractivity contribution >= 4 is 29.1 Å². The molecule has 2 aromatic rings. The van der Waals surface area contributed by atoms with Crippen LogP contribution in [0.1, 0.15) is 43.4 Å². The Morgan fingerprint density at radius 2 is 1.81 bits per heavy atom. The van der Waals surface area contributed by atoms with Gasteiger partial charge in [0.1, 0.15) is 5.82 Å². The molecule has 2 N–H and O–H groups in total. The van der Waals surface area contributed by atoms with Gasteiger partial charge in [-0.25, -0.2) is 4.98 Å². The van der Waals surface area contributed by atoms with Gasteiger partial charge in [-0.3, -0.25) is 0 Å². The molecule has 8 heteroatoms. The van der Waals surface area contributed by atoms with E-state index in [9.17, 15) is 13.2 Å². The van der Waals surface area contributed by atoms with Crippen LogP contribution < -0.4 is 10.6 Å². The van der Waals surface area contributed by atoms with Crippen molar-refractivity contribution in [2.75, 3.05) is 10.6 Å². The van der Waals surface area contributed by atoms with Gasteiger partial charge in [-0.15, -0.1) is 0 Å². The highest BCUT2D eigenvalue weighted by Crippen LogP contribution is 2.32. The number of benzene rings is 1. The Kier molecular flexibility index (Phi) is 5.55. The van der Waals surface area contributed by atoms with Crippen LogP contribution in [0.2, 0.25) is 5.02 Å². The van der Waals surface area contributed by atoms with Gasteiger partial charge in [-0.1, -0.05) is 36.9 Å². The van der Waals surface area contributed by atoms with Gasteiger partial charge in [0.2, 0.25) is 5.95 Å². The predicted molar refractivity (Wildman–Crippen MR) is 97.0 cm³/mol. The van der Waals surface area contributed by atoms with Crippen LogP contribution in [-0.2, 0) is 6.18 Å². The molecule has 1 aliphatic carbocycles. The lowest BCUT2D eigenvalue weighted by Crippen LogP contribution is -2.24. The SMILES string of the molecule is Cc1ccc(Cl)cc1Nc1cc(C(F)(F)F)nc(NC2CCCCC2)n1. The Hall–Kier alpha value is -2.02. The number of nitrogens with zero attached hydrogens (tertiary/aromatic N) is 2. The minimum Gasteiger partial charge on any atom is -0.351 e. The second-order valence-corrected chi connectivity index (χ2v) is 6.96. The zero-order chi connectivity index (χ0) is 18.7. The number of hydrogen-bond acceptors (Lipinski definition) is 4. The summed E-state index contributed by atoms with van der Waals surface area (Å²) in [6.07, 6.45) is 0.548.